The van der Waals surface area contributed by atoms with Crippen LogP contribution in [-0.2, 0) is 12.8 Å². The lowest BCUT2D eigenvalue weighted by atomic mass is 9.98. The fraction of sp³-hybridized carbons (Fsp3) is 0.455. The van der Waals surface area contributed by atoms with E-state index in [4.69, 9.17) is 0 Å². The average Bonchev–Trinajstić information content (AvgIpc) is 2.28. The van der Waals surface area contributed by atoms with Gasteiger partial charge in [0.1, 0.15) is 5.75 Å². The lowest BCUT2D eigenvalue weighted by molar-refractivity contribution is 0.474. The zero-order chi connectivity index (χ0) is 9.26. The van der Waals surface area contributed by atoms with Crippen molar-refractivity contribution in [2.45, 2.75) is 19.8 Å². The second-order valence-electron chi connectivity index (χ2n) is 3.65. The molecule has 2 N–H and O–H groups in total. The number of aryl methyl sites for hydroxylation is 1. The number of fused-ring (bicyclic) bond motifs is 1. The second kappa shape index (κ2) is 3.38. The van der Waals surface area contributed by atoms with Gasteiger partial charge in [-0.05, 0) is 61.7 Å². The molecule has 13 heavy (non-hydrogen) atoms. The summed E-state index contributed by atoms with van der Waals surface area (Å²) in [6, 6.07) is 3.75. The molecular formula is C11H15NO. The molecular weight excluding hydrogens is 162 g/mol. The lowest BCUT2D eigenvalue weighted by Crippen LogP contribution is -2.16. The van der Waals surface area contributed by atoms with Crippen molar-refractivity contribution < 1.29 is 5.11 Å². The highest BCUT2D eigenvalue weighted by Crippen LogP contribution is 2.23. The first-order chi connectivity index (χ1) is 6.27. The summed E-state index contributed by atoms with van der Waals surface area (Å²) in [4.78, 5) is 0. The number of hydrogen-bond donors (Lipinski definition) is 2. The predicted octanol–water partition coefficient (Wildman–Crippen LogP) is 1.39. The van der Waals surface area contributed by atoms with Crippen molar-refractivity contribution in [3.8, 4) is 5.75 Å². The maximum absolute atomic E-state index is 9.44. The molecule has 2 nitrogen and oxygen atoms in total. The van der Waals surface area contributed by atoms with Gasteiger partial charge in [-0.25, -0.2) is 0 Å². The Kier molecular flexibility index (Phi) is 2.23. The van der Waals surface area contributed by atoms with E-state index in [0.29, 0.717) is 5.75 Å². The van der Waals surface area contributed by atoms with Gasteiger partial charge in [-0.3, -0.25) is 0 Å². The molecule has 1 aromatic carbocycles. The monoisotopic (exact) mass is 177 g/mol. The topological polar surface area (TPSA) is 32.3 Å². The van der Waals surface area contributed by atoms with Crippen molar-refractivity contribution in [2.24, 2.45) is 0 Å². The summed E-state index contributed by atoms with van der Waals surface area (Å²) in [5.74, 6) is 0.401. The molecule has 0 saturated carbocycles. The molecule has 1 heterocycles. The zero-order valence-corrected chi connectivity index (χ0v) is 7.93. The molecule has 2 rings (SSSR count). The summed E-state index contributed by atoms with van der Waals surface area (Å²) >= 11 is 0. The quantitative estimate of drug-likeness (QED) is 0.627. The van der Waals surface area contributed by atoms with Crippen molar-refractivity contribution in [3.05, 3.63) is 28.8 Å². The third-order valence-electron chi connectivity index (χ3n) is 2.67. The van der Waals surface area contributed by atoms with Crippen LogP contribution in [0.25, 0.3) is 0 Å². The van der Waals surface area contributed by atoms with Crippen LogP contribution in [0.15, 0.2) is 12.1 Å². The predicted molar refractivity (Wildman–Crippen MR) is 53.1 cm³/mol. The number of rotatable bonds is 0. The second-order valence-corrected chi connectivity index (χ2v) is 3.65. The third kappa shape index (κ3) is 1.68. The van der Waals surface area contributed by atoms with E-state index >= 15 is 0 Å². The summed E-state index contributed by atoms with van der Waals surface area (Å²) in [6.45, 7) is 4.15. The molecule has 0 fully saturated rings. The van der Waals surface area contributed by atoms with E-state index in [-0.39, 0.29) is 0 Å². The van der Waals surface area contributed by atoms with Crippen LogP contribution in [0.5, 0.6) is 5.75 Å². The largest absolute Gasteiger partial charge is 0.508 e. The minimum Gasteiger partial charge on any atom is -0.508 e. The van der Waals surface area contributed by atoms with Gasteiger partial charge in [0.25, 0.3) is 0 Å². The number of nitrogens with one attached hydrogen (secondary N) is 1. The lowest BCUT2D eigenvalue weighted by Gasteiger charge is -2.09. The van der Waals surface area contributed by atoms with Gasteiger partial charge in [0, 0.05) is 0 Å². The zero-order valence-electron chi connectivity index (χ0n) is 7.93. The molecule has 0 aliphatic carbocycles. The molecule has 1 aromatic rings. The molecule has 70 valence electrons. The highest BCUT2D eigenvalue weighted by atomic mass is 16.3. The molecule has 0 amide bonds. The van der Waals surface area contributed by atoms with Crippen LogP contribution in [0, 0.1) is 6.92 Å². The Hall–Kier alpha value is -1.02. The number of benzene rings is 1. The number of phenols is 1. The van der Waals surface area contributed by atoms with E-state index in [1.54, 1.807) is 0 Å². The maximum atomic E-state index is 9.44. The van der Waals surface area contributed by atoms with Gasteiger partial charge >= 0.3 is 0 Å². The summed E-state index contributed by atoms with van der Waals surface area (Å²) < 4.78 is 0. The molecule has 0 spiro atoms. The van der Waals surface area contributed by atoms with Crippen LogP contribution in [0.3, 0.4) is 0 Å². The number of hydrogen-bond acceptors (Lipinski definition) is 2. The number of aromatic hydroxyl groups is 1. The van der Waals surface area contributed by atoms with Crippen molar-refractivity contribution in [3.63, 3.8) is 0 Å². The summed E-state index contributed by atoms with van der Waals surface area (Å²) in [6.07, 6.45) is 2.12. The Labute approximate surface area is 78.6 Å². The van der Waals surface area contributed by atoms with Gasteiger partial charge in [-0.2, -0.15) is 0 Å². The first-order valence-electron chi connectivity index (χ1n) is 4.79. The Bertz CT molecular complexity index is 320. The van der Waals surface area contributed by atoms with Gasteiger partial charge in [0.2, 0.25) is 0 Å². The Morgan fingerprint density at radius 3 is 2.85 bits per heavy atom. The van der Waals surface area contributed by atoms with Crippen LogP contribution in [0.1, 0.15) is 16.7 Å². The van der Waals surface area contributed by atoms with Crippen LogP contribution in [-0.4, -0.2) is 18.2 Å². The normalized spacial score (nSPS) is 16.4. The summed E-state index contributed by atoms with van der Waals surface area (Å²) in [5.41, 5.74) is 3.95. The van der Waals surface area contributed by atoms with Gasteiger partial charge < -0.3 is 10.4 Å². The van der Waals surface area contributed by atoms with Gasteiger partial charge in [0.05, 0.1) is 0 Å². The Morgan fingerprint density at radius 1 is 1.23 bits per heavy atom. The fourth-order valence-electron chi connectivity index (χ4n) is 2.01. The van der Waals surface area contributed by atoms with E-state index in [2.05, 4.69) is 12.2 Å². The van der Waals surface area contributed by atoms with Crippen LogP contribution < -0.4 is 5.32 Å². The molecule has 0 bridgehead atoms. The van der Waals surface area contributed by atoms with Crippen LogP contribution >= 0.6 is 0 Å². The minimum absolute atomic E-state index is 0.401. The summed E-state index contributed by atoms with van der Waals surface area (Å²) in [7, 11) is 0. The van der Waals surface area contributed by atoms with Crippen LogP contribution in [0.2, 0.25) is 0 Å². The molecule has 0 saturated heterocycles. The Morgan fingerprint density at radius 2 is 2.00 bits per heavy atom. The van der Waals surface area contributed by atoms with E-state index in [9.17, 15) is 5.11 Å². The summed E-state index contributed by atoms with van der Waals surface area (Å²) in [5, 5.41) is 12.8. The number of phenolic OH excluding ortho intramolecular Hbond substituents is 1. The standard InChI is InChI=1S/C11H15NO/c1-8-6-10(13)7-9-2-4-12-5-3-11(8)9/h6-7,12-13H,2-5H2,1H3. The molecule has 0 unspecified atom stereocenters. The molecule has 2 heteroatoms. The van der Waals surface area contributed by atoms with E-state index < -0.39 is 0 Å². The van der Waals surface area contributed by atoms with Crippen molar-refractivity contribution in [1.82, 2.24) is 5.32 Å². The molecule has 0 radical (unpaired) electrons. The Balaban J connectivity index is 2.47. The van der Waals surface area contributed by atoms with Crippen LogP contribution in [0.4, 0.5) is 0 Å². The first-order valence-corrected chi connectivity index (χ1v) is 4.79. The van der Waals surface area contributed by atoms with Crippen molar-refractivity contribution in [1.29, 1.82) is 0 Å². The van der Waals surface area contributed by atoms with E-state index in [1.807, 2.05) is 12.1 Å². The fourth-order valence-corrected chi connectivity index (χ4v) is 2.01. The van der Waals surface area contributed by atoms with E-state index in [1.165, 1.54) is 16.7 Å². The molecule has 0 aromatic heterocycles. The van der Waals surface area contributed by atoms with Gasteiger partial charge in [-0.1, -0.05) is 0 Å². The van der Waals surface area contributed by atoms with Crippen molar-refractivity contribution >= 4 is 0 Å². The minimum atomic E-state index is 0.401. The third-order valence-corrected chi connectivity index (χ3v) is 2.67. The van der Waals surface area contributed by atoms with Crippen molar-refractivity contribution in [2.75, 3.05) is 13.1 Å². The first kappa shape index (κ1) is 8.57. The molecule has 1 aliphatic rings. The molecule has 0 atom stereocenters. The SMILES string of the molecule is Cc1cc(O)cc2c1CCNCC2. The highest BCUT2D eigenvalue weighted by molar-refractivity contribution is 5.42. The smallest absolute Gasteiger partial charge is 0.116 e. The van der Waals surface area contributed by atoms with E-state index in [0.717, 1.165) is 25.9 Å². The highest BCUT2D eigenvalue weighted by Gasteiger charge is 2.10. The average molecular weight is 177 g/mol. The molecule has 1 aliphatic heterocycles. The van der Waals surface area contributed by atoms with Gasteiger partial charge in [0.15, 0.2) is 0 Å². The van der Waals surface area contributed by atoms with Gasteiger partial charge in [-0.15, -0.1) is 0 Å². The maximum Gasteiger partial charge on any atom is 0.116 e.